The number of carbonyl (C=O) groups excluding carboxylic acids is 1. The van der Waals surface area contributed by atoms with Gasteiger partial charge in [0.1, 0.15) is 18.1 Å². The lowest BCUT2D eigenvalue weighted by atomic mass is 10.2. The highest BCUT2D eigenvalue weighted by molar-refractivity contribution is 7.80. The van der Waals surface area contributed by atoms with Gasteiger partial charge in [0.05, 0.1) is 35.5 Å². The average molecular weight is 623 g/mol. The number of benzene rings is 2. The summed E-state index contributed by atoms with van der Waals surface area (Å²) in [4.78, 5) is 24.8. The first-order valence-electron chi connectivity index (χ1n) is 12.7. The van der Waals surface area contributed by atoms with Gasteiger partial charge in [-0.25, -0.2) is 9.19 Å². The van der Waals surface area contributed by atoms with Crippen LogP contribution in [0.5, 0.6) is 5.75 Å². The van der Waals surface area contributed by atoms with Crippen molar-refractivity contribution in [3.05, 3.63) is 61.3 Å². The first-order valence-corrected chi connectivity index (χ1v) is 13.8. The van der Waals surface area contributed by atoms with Gasteiger partial charge in [-0.15, -0.1) is 0 Å². The minimum absolute atomic E-state index is 0.0911. The van der Waals surface area contributed by atoms with Crippen molar-refractivity contribution in [3.63, 3.8) is 0 Å². The predicted molar refractivity (Wildman–Crippen MR) is 163 cm³/mol. The number of methoxy groups -OCH3 is 1. The Morgan fingerprint density at radius 3 is 2.42 bits per heavy atom. The topological polar surface area (TPSA) is 135 Å². The van der Waals surface area contributed by atoms with Gasteiger partial charge < -0.3 is 30.5 Å². The largest absolute Gasteiger partial charge is 0.494 e. The van der Waals surface area contributed by atoms with Crippen LogP contribution < -0.4 is 29.9 Å². The van der Waals surface area contributed by atoms with Gasteiger partial charge in [-0.3, -0.25) is 13.7 Å². The van der Waals surface area contributed by atoms with E-state index in [0.29, 0.717) is 33.7 Å². The fourth-order valence-electron chi connectivity index (χ4n) is 3.84. The Morgan fingerprint density at radius 1 is 1.07 bits per heavy atom. The number of rotatable bonds is 14. The molecule has 1 amide bonds. The zero-order valence-electron chi connectivity index (χ0n) is 24.0. The number of anilines is 7. The Morgan fingerprint density at radius 2 is 1.79 bits per heavy atom. The molecule has 1 aromatic heterocycles. The quantitative estimate of drug-likeness (QED) is 0.149. The molecule has 0 aliphatic rings. The molecule has 0 aliphatic carbocycles. The highest BCUT2D eigenvalue weighted by atomic mass is 32.2. The molecule has 0 saturated carbocycles. The second-order valence-corrected chi connectivity index (χ2v) is 10.3. The monoisotopic (exact) mass is 622 g/mol. The van der Waals surface area contributed by atoms with Gasteiger partial charge in [-0.1, -0.05) is 18.7 Å². The number of hydrogen-bond donors (Lipinski definition) is 4. The van der Waals surface area contributed by atoms with Gasteiger partial charge in [0, 0.05) is 32.4 Å². The standard InChI is InChI=1S/C27H33F3N8O4S/c1-6-25(39)33-19-15-20(23(42-5)16-22(19)37(4)14-13-36(2)3)34-26-31-12-11-24(35-26)32-18-9-7-8-10-21(18)38(43(40)41)17-27(28,29)30/h6-12,15-16H,1,13-14,17H2,2-5H3,(H,33,39)(H,40,41)(H2,31,32,34,35). The van der Waals surface area contributed by atoms with Crippen molar-refractivity contribution >= 4 is 57.4 Å². The number of para-hydroxylation sites is 2. The zero-order chi connectivity index (χ0) is 31.7. The lowest BCUT2D eigenvalue weighted by molar-refractivity contribution is -0.117. The summed E-state index contributed by atoms with van der Waals surface area (Å²) < 4.78 is 66.6. The fraction of sp³-hybridized carbons (Fsp3) is 0.296. The molecule has 3 rings (SSSR count). The Kier molecular flexibility index (Phi) is 11.3. The molecule has 1 heterocycles. The number of carbonyl (C=O) groups is 1. The summed E-state index contributed by atoms with van der Waals surface area (Å²) in [6.45, 7) is 3.28. The van der Waals surface area contributed by atoms with Crippen molar-refractivity contribution in [1.82, 2.24) is 14.9 Å². The molecule has 1 atom stereocenters. The minimum atomic E-state index is -4.72. The number of nitrogens with zero attached hydrogens (tertiary/aromatic N) is 5. The summed E-state index contributed by atoms with van der Waals surface area (Å²) in [7, 11) is 7.28. The van der Waals surface area contributed by atoms with Crippen LogP contribution in [-0.2, 0) is 16.1 Å². The van der Waals surface area contributed by atoms with E-state index >= 15 is 0 Å². The third-order valence-electron chi connectivity index (χ3n) is 5.90. The van der Waals surface area contributed by atoms with Crippen molar-refractivity contribution in [2.24, 2.45) is 0 Å². The van der Waals surface area contributed by atoms with E-state index in [1.165, 1.54) is 37.6 Å². The van der Waals surface area contributed by atoms with Crippen molar-refractivity contribution in [1.29, 1.82) is 0 Å². The van der Waals surface area contributed by atoms with Gasteiger partial charge in [0.2, 0.25) is 11.9 Å². The lowest BCUT2D eigenvalue weighted by Gasteiger charge is -2.26. The Balaban J connectivity index is 1.94. The molecule has 0 fully saturated rings. The van der Waals surface area contributed by atoms with Crippen LogP contribution in [0.15, 0.2) is 61.3 Å². The van der Waals surface area contributed by atoms with Crippen LogP contribution in [0.4, 0.5) is 53.4 Å². The molecule has 0 spiro atoms. The molecular weight excluding hydrogens is 589 g/mol. The van der Waals surface area contributed by atoms with Gasteiger partial charge >= 0.3 is 6.18 Å². The molecule has 0 saturated heterocycles. The SMILES string of the molecule is C=CC(=O)Nc1cc(Nc2nccc(Nc3ccccc3N(CC(F)(F)F)S(=O)O)n2)c(OC)cc1N(C)CCN(C)C. The summed E-state index contributed by atoms with van der Waals surface area (Å²) in [5.41, 5.74) is 1.52. The van der Waals surface area contributed by atoms with E-state index in [1.54, 1.807) is 18.2 Å². The van der Waals surface area contributed by atoms with E-state index in [9.17, 15) is 26.7 Å². The molecule has 16 heteroatoms. The summed E-state index contributed by atoms with van der Waals surface area (Å²) in [6, 6.07) is 10.6. The van der Waals surface area contributed by atoms with Crippen LogP contribution >= 0.6 is 0 Å². The maximum absolute atomic E-state index is 13.1. The molecule has 3 aromatic rings. The highest BCUT2D eigenvalue weighted by Crippen LogP contribution is 2.38. The van der Waals surface area contributed by atoms with Crippen LogP contribution in [0, 0.1) is 0 Å². The van der Waals surface area contributed by atoms with Crippen molar-refractivity contribution in [2.75, 3.05) is 73.0 Å². The van der Waals surface area contributed by atoms with Gasteiger partial charge in [0.25, 0.3) is 11.3 Å². The average Bonchev–Trinajstić information content (AvgIpc) is 2.94. The van der Waals surface area contributed by atoms with Crippen molar-refractivity contribution in [2.45, 2.75) is 6.18 Å². The summed E-state index contributed by atoms with van der Waals surface area (Å²) in [6.07, 6.45) is -2.16. The number of halogens is 3. The zero-order valence-corrected chi connectivity index (χ0v) is 24.8. The number of aromatic nitrogens is 2. The maximum Gasteiger partial charge on any atom is 0.407 e. The van der Waals surface area contributed by atoms with Crippen molar-refractivity contribution < 1.29 is 31.5 Å². The van der Waals surface area contributed by atoms with Gasteiger partial charge in [0.15, 0.2) is 0 Å². The third-order valence-corrected chi connectivity index (χ3v) is 6.61. The molecule has 0 bridgehead atoms. The van der Waals surface area contributed by atoms with Crippen LogP contribution in [-0.4, -0.2) is 83.6 Å². The molecule has 4 N–H and O–H groups in total. The summed E-state index contributed by atoms with van der Waals surface area (Å²) in [5.74, 6) is 0.278. The normalized spacial score (nSPS) is 11.9. The van der Waals surface area contributed by atoms with E-state index < -0.39 is 29.9 Å². The number of alkyl halides is 3. The van der Waals surface area contributed by atoms with E-state index in [0.717, 1.165) is 12.6 Å². The number of amides is 1. The number of ether oxygens (including phenoxy) is 1. The Bertz CT molecular complexity index is 1460. The summed E-state index contributed by atoms with van der Waals surface area (Å²) >= 11 is -2.95. The first-order chi connectivity index (χ1) is 20.3. The van der Waals surface area contributed by atoms with Crippen LogP contribution in [0.1, 0.15) is 0 Å². The molecule has 232 valence electrons. The van der Waals surface area contributed by atoms with E-state index in [2.05, 4.69) is 32.5 Å². The van der Waals surface area contributed by atoms with Crippen molar-refractivity contribution in [3.8, 4) is 5.75 Å². The van der Waals surface area contributed by atoms with E-state index in [1.807, 2.05) is 30.9 Å². The third kappa shape index (κ3) is 9.56. The van der Waals surface area contributed by atoms with Crippen LogP contribution in [0.25, 0.3) is 0 Å². The molecule has 2 aromatic carbocycles. The number of hydrogen-bond acceptors (Lipinski definition) is 9. The molecule has 1 unspecified atom stereocenters. The van der Waals surface area contributed by atoms with Crippen LogP contribution in [0.3, 0.4) is 0 Å². The van der Waals surface area contributed by atoms with E-state index in [-0.39, 0.29) is 23.1 Å². The molecular formula is C27H33F3N8O4S. The fourth-order valence-corrected chi connectivity index (χ4v) is 4.42. The molecule has 0 radical (unpaired) electrons. The Labute approximate surface area is 250 Å². The smallest absolute Gasteiger partial charge is 0.407 e. The van der Waals surface area contributed by atoms with E-state index in [4.69, 9.17) is 4.74 Å². The molecule has 12 nitrogen and oxygen atoms in total. The number of likely N-dealkylation sites (N-methyl/N-ethyl adjacent to an activating group) is 2. The van der Waals surface area contributed by atoms with Gasteiger partial charge in [-0.05, 0) is 44.4 Å². The lowest BCUT2D eigenvalue weighted by Crippen LogP contribution is -2.35. The highest BCUT2D eigenvalue weighted by Gasteiger charge is 2.34. The molecule has 43 heavy (non-hydrogen) atoms. The second kappa shape index (κ2) is 14.7. The second-order valence-electron chi connectivity index (χ2n) is 9.40. The number of nitrogens with one attached hydrogen (secondary N) is 3. The maximum atomic E-state index is 13.1. The van der Waals surface area contributed by atoms with Crippen LogP contribution in [0.2, 0.25) is 0 Å². The summed E-state index contributed by atoms with van der Waals surface area (Å²) in [5, 5.41) is 8.73. The predicted octanol–water partition coefficient (Wildman–Crippen LogP) is 4.60. The first kappa shape index (κ1) is 33.1. The Hall–Kier alpha value is -4.41. The van der Waals surface area contributed by atoms with Gasteiger partial charge in [-0.2, -0.15) is 18.2 Å². The molecule has 0 aliphatic heterocycles. The minimum Gasteiger partial charge on any atom is -0.494 e.